The number of halogens is 5. The van der Waals surface area contributed by atoms with Crippen molar-refractivity contribution in [3.8, 4) is 90.8 Å². The first-order chi connectivity index (χ1) is 45.4. The van der Waals surface area contributed by atoms with E-state index in [1.54, 1.807) is 72.8 Å². The van der Waals surface area contributed by atoms with E-state index < -0.39 is 34.6 Å². The molecular formula is C77H36F5N11. The summed E-state index contributed by atoms with van der Waals surface area (Å²) < 4.78 is 71.0. The third-order valence-electron chi connectivity index (χ3n) is 16.0. The van der Waals surface area contributed by atoms with Gasteiger partial charge in [-0.1, -0.05) is 158 Å². The van der Waals surface area contributed by atoms with Crippen LogP contribution in [-0.4, -0.2) is 29.9 Å². The number of nitriles is 2. The summed E-state index contributed by atoms with van der Waals surface area (Å²) in [6.45, 7) is 22.0. The number of rotatable bonds is 7. The van der Waals surface area contributed by atoms with Gasteiger partial charge >= 0.3 is 0 Å². The van der Waals surface area contributed by atoms with Crippen molar-refractivity contribution >= 4 is 82.5 Å². The molecule has 434 valence electrons. The lowest BCUT2D eigenvalue weighted by Gasteiger charge is -2.15. The normalized spacial score (nSPS) is 11.0. The van der Waals surface area contributed by atoms with Gasteiger partial charge in [-0.05, 0) is 82.9 Å². The maximum Gasteiger partial charge on any atom is 0.200 e. The van der Waals surface area contributed by atoms with Crippen molar-refractivity contribution in [1.29, 1.82) is 10.5 Å². The molecule has 0 unspecified atom stereocenters. The monoisotopic (exact) mass is 1210 g/mol. The van der Waals surface area contributed by atoms with E-state index in [4.69, 9.17) is 49.6 Å². The maximum absolute atomic E-state index is 14.6. The van der Waals surface area contributed by atoms with Crippen LogP contribution in [0.15, 0.2) is 218 Å². The minimum atomic E-state index is -2.22. The molecule has 0 radical (unpaired) electrons. The van der Waals surface area contributed by atoms with E-state index in [0.717, 1.165) is 71.4 Å². The Balaban J connectivity index is 0.000000164. The summed E-state index contributed by atoms with van der Waals surface area (Å²) in [4.78, 5) is 41.2. The first kappa shape index (κ1) is 57.3. The number of hydrogen-bond donors (Lipinski definition) is 0. The van der Waals surface area contributed by atoms with Gasteiger partial charge in [0.15, 0.2) is 40.3 Å². The summed E-state index contributed by atoms with van der Waals surface area (Å²) >= 11 is 0. The first-order valence-electron chi connectivity index (χ1n) is 28.6. The van der Waals surface area contributed by atoms with Crippen LogP contribution in [0.3, 0.4) is 0 Å². The Bertz CT molecular complexity index is 5800. The Labute approximate surface area is 526 Å². The zero-order valence-electron chi connectivity index (χ0n) is 48.1. The molecule has 0 amide bonds. The highest BCUT2D eigenvalue weighted by atomic mass is 19.2. The minimum Gasteiger partial charge on any atom is -0.247 e. The van der Waals surface area contributed by atoms with Gasteiger partial charge in [-0.15, -0.1) is 0 Å². The molecule has 11 nitrogen and oxygen atoms in total. The fourth-order valence-corrected chi connectivity index (χ4v) is 11.5. The molecule has 0 N–H and O–H groups in total. The van der Waals surface area contributed by atoms with E-state index in [1.807, 2.05) is 115 Å². The number of pyridine rings is 2. The summed E-state index contributed by atoms with van der Waals surface area (Å²) in [5.74, 6) is -10.1. The molecule has 0 saturated heterocycles. The van der Waals surface area contributed by atoms with Gasteiger partial charge in [0.1, 0.15) is 0 Å². The molecule has 93 heavy (non-hydrogen) atoms. The summed E-state index contributed by atoms with van der Waals surface area (Å²) in [5, 5.41) is 23.8. The van der Waals surface area contributed by atoms with E-state index >= 15 is 0 Å². The van der Waals surface area contributed by atoms with Crippen molar-refractivity contribution in [1.82, 2.24) is 29.9 Å². The van der Waals surface area contributed by atoms with Crippen molar-refractivity contribution in [2.24, 2.45) is 0 Å². The van der Waals surface area contributed by atoms with Crippen LogP contribution >= 0.6 is 0 Å². The predicted octanol–water partition coefficient (Wildman–Crippen LogP) is 20.4. The molecule has 15 rings (SSSR count). The second kappa shape index (κ2) is 23.6. The first-order valence-corrected chi connectivity index (χ1v) is 28.6. The molecule has 0 aliphatic heterocycles. The fourth-order valence-electron chi connectivity index (χ4n) is 11.5. The van der Waals surface area contributed by atoms with E-state index in [-0.39, 0.29) is 5.56 Å². The third-order valence-corrected chi connectivity index (χ3v) is 16.0. The van der Waals surface area contributed by atoms with Crippen molar-refractivity contribution in [2.75, 3.05) is 0 Å². The summed E-state index contributed by atoms with van der Waals surface area (Å²) in [5.41, 5.74) is 13.9. The highest BCUT2D eigenvalue weighted by Gasteiger charge is 2.28. The van der Waals surface area contributed by atoms with Crippen molar-refractivity contribution in [3.63, 3.8) is 0 Å². The highest BCUT2D eigenvalue weighted by Crippen LogP contribution is 2.43. The van der Waals surface area contributed by atoms with Gasteiger partial charge in [-0.25, -0.2) is 66.4 Å². The molecule has 0 aliphatic carbocycles. The molecule has 11 aromatic carbocycles. The molecule has 0 spiro atoms. The number of nitrogens with zero attached hydrogens (tertiary/aromatic N) is 11. The lowest BCUT2D eigenvalue weighted by molar-refractivity contribution is 0.381. The van der Waals surface area contributed by atoms with E-state index in [0.29, 0.717) is 89.7 Å². The van der Waals surface area contributed by atoms with Gasteiger partial charge in [0.05, 0.1) is 116 Å². The fraction of sp³-hybridized carbons (Fsp3) is 0. The molecule has 0 atom stereocenters. The van der Waals surface area contributed by atoms with Crippen molar-refractivity contribution in [3.05, 3.63) is 293 Å². The van der Waals surface area contributed by atoms with Gasteiger partial charge < -0.3 is 0 Å². The average Bonchev–Trinajstić information content (AvgIpc) is 0.752. The van der Waals surface area contributed by atoms with E-state index in [2.05, 4.69) is 32.7 Å². The molecule has 0 fully saturated rings. The number of fused-ring (bicyclic) bond motifs is 10. The molecule has 15 aromatic rings. The molecule has 4 heterocycles. The Morgan fingerprint density at radius 1 is 0.280 bits per heavy atom. The van der Waals surface area contributed by atoms with Gasteiger partial charge in [0, 0.05) is 49.0 Å². The molecule has 0 saturated carbocycles. The van der Waals surface area contributed by atoms with Crippen LogP contribution < -0.4 is 0 Å². The van der Waals surface area contributed by atoms with Crippen LogP contribution in [0.25, 0.3) is 159 Å². The minimum absolute atomic E-state index is 0.197. The lowest BCUT2D eigenvalue weighted by atomic mass is 9.96. The number of benzene rings is 11. The van der Waals surface area contributed by atoms with Gasteiger partial charge in [0.25, 0.3) is 0 Å². The van der Waals surface area contributed by atoms with Crippen LogP contribution in [0.2, 0.25) is 0 Å². The van der Waals surface area contributed by atoms with Gasteiger partial charge in [0.2, 0.25) is 5.82 Å². The molecule has 0 aliphatic rings. The number of hydrogen-bond acceptors (Lipinski definition) is 8. The largest absolute Gasteiger partial charge is 0.247 e. The van der Waals surface area contributed by atoms with Crippen molar-refractivity contribution in [2.45, 2.75) is 0 Å². The topological polar surface area (TPSA) is 138 Å². The van der Waals surface area contributed by atoms with Crippen LogP contribution in [0.5, 0.6) is 0 Å². The van der Waals surface area contributed by atoms with Gasteiger partial charge in [-0.3, -0.25) is 0 Å². The Hall–Kier alpha value is -13.5. The SMILES string of the molecule is [C-]#[N+]c1ccc(-c2nc3ccc4c(-c5ccc(-c6c(F)c(F)c(F)c(F)c6F)cc5)nc5ccccc5c4c3nc2-c2ccc(C#N)cc2)cc1.[C-]#[N+]c1ccc(-c2nc3ccc4c(-c5ccc([N+]#[C-])cc5)nc5ccccc5c4c3nc2-c2ccc(C#N)cc2)cc1. The zero-order valence-corrected chi connectivity index (χ0v) is 48.1. The molecular weight excluding hydrogens is 1170 g/mol. The van der Waals surface area contributed by atoms with Crippen molar-refractivity contribution < 1.29 is 22.0 Å². The second-order valence-corrected chi connectivity index (χ2v) is 21.4. The quantitative estimate of drug-likeness (QED) is 0.0506. The zero-order chi connectivity index (χ0) is 64.0. The maximum atomic E-state index is 14.6. The Kier molecular flexibility index (Phi) is 14.5. The summed E-state index contributed by atoms with van der Waals surface area (Å²) in [7, 11) is 0. The predicted molar refractivity (Wildman–Crippen MR) is 351 cm³/mol. The summed E-state index contributed by atoms with van der Waals surface area (Å²) in [6.07, 6.45) is 0. The average molecular weight is 1210 g/mol. The molecule has 16 heteroatoms. The van der Waals surface area contributed by atoms with Crippen LogP contribution in [0.1, 0.15) is 11.1 Å². The molecule has 4 aromatic heterocycles. The standard InChI is InChI=1S/C41H18F5N5.C36H18N6/c1-48-26-16-14-25(15-17-26)39-40(24-8-6-21(20-47)7-9-24)51-41-30(50-39)19-18-28-32(41)27-4-2-3-5-29(27)49-38(28)23-12-10-22(11-13-23)31-33(42)35(44)37(46)36(45)34(31)43;1-38-26-15-11-23(12-16-26)33-29-19-20-31-36(32(29)28-5-3-4-6-30(28)40-33)42-35(24-9-7-22(21-37)8-10-24)34(41-31)25-13-17-27(39-2)18-14-25/h2-19H;3-20H. The Morgan fingerprint density at radius 3 is 0.925 bits per heavy atom. The van der Waals surface area contributed by atoms with E-state index in [9.17, 15) is 32.5 Å². The van der Waals surface area contributed by atoms with Gasteiger partial charge in [-0.2, -0.15) is 10.5 Å². The Morgan fingerprint density at radius 2 is 0.570 bits per heavy atom. The smallest absolute Gasteiger partial charge is 0.200 e. The second-order valence-electron chi connectivity index (χ2n) is 21.4. The highest BCUT2D eigenvalue weighted by molar-refractivity contribution is 6.22. The lowest BCUT2D eigenvalue weighted by Crippen LogP contribution is -2.04. The van der Waals surface area contributed by atoms with Crippen LogP contribution in [0.4, 0.5) is 39.0 Å². The third kappa shape index (κ3) is 10.2. The molecule has 0 bridgehead atoms. The van der Waals surface area contributed by atoms with Crippen LogP contribution in [0, 0.1) is 71.5 Å². The van der Waals surface area contributed by atoms with E-state index in [1.165, 1.54) is 24.3 Å². The number of aromatic nitrogens is 6. The van der Waals surface area contributed by atoms with Crippen LogP contribution in [-0.2, 0) is 0 Å². The number of para-hydroxylation sites is 2. The summed E-state index contributed by atoms with van der Waals surface area (Å²) in [6, 6.07) is 69.2.